The van der Waals surface area contributed by atoms with Gasteiger partial charge in [0.05, 0.1) is 0 Å². The van der Waals surface area contributed by atoms with Gasteiger partial charge in [-0.3, -0.25) is 4.79 Å². The largest absolute Gasteiger partial charge is 0.481 e. The van der Waals surface area contributed by atoms with Crippen molar-refractivity contribution in [2.24, 2.45) is 0 Å². The molecule has 0 aliphatic rings. The predicted octanol–water partition coefficient (Wildman–Crippen LogP) is 4.47. The Morgan fingerprint density at radius 1 is 1.12 bits per heavy atom. The minimum atomic E-state index is -0.475. The van der Waals surface area contributed by atoms with E-state index in [9.17, 15) is 4.79 Å². The third-order valence-corrected chi connectivity index (χ3v) is 4.30. The zero-order valence-corrected chi connectivity index (χ0v) is 15.2. The topological polar surface area (TPSA) is 38.3 Å². The van der Waals surface area contributed by atoms with Gasteiger partial charge in [0.2, 0.25) is 0 Å². The van der Waals surface area contributed by atoms with Crippen LogP contribution >= 0.6 is 11.6 Å². The quantitative estimate of drug-likeness (QED) is 0.803. The second-order valence-electron chi connectivity index (χ2n) is 5.93. The lowest BCUT2D eigenvalue weighted by Crippen LogP contribution is -2.38. The summed E-state index contributed by atoms with van der Waals surface area (Å²) in [5, 5.41) is 3.66. The molecule has 0 unspecified atom stereocenters. The Bertz CT molecular complexity index is 683. The summed E-state index contributed by atoms with van der Waals surface area (Å²) in [6.45, 7) is 6.62. The van der Waals surface area contributed by atoms with Crippen molar-refractivity contribution in [2.75, 3.05) is 6.54 Å². The standard InChI is InChI=1S/C20H24ClNO2/c1-4-19(24-18-10-5-14(2)15(3)13-18)20(23)22-12-11-16-6-8-17(21)9-7-16/h5-10,13,19H,4,11-12H2,1-3H3,(H,22,23)/t19-/m1/s1. The Morgan fingerprint density at radius 3 is 2.46 bits per heavy atom. The average Bonchev–Trinajstić information content (AvgIpc) is 2.57. The van der Waals surface area contributed by atoms with E-state index in [4.69, 9.17) is 16.3 Å². The first-order chi connectivity index (χ1) is 11.5. The van der Waals surface area contributed by atoms with Gasteiger partial charge < -0.3 is 10.1 Å². The minimum absolute atomic E-state index is 0.0790. The van der Waals surface area contributed by atoms with E-state index in [2.05, 4.69) is 12.2 Å². The van der Waals surface area contributed by atoms with Gasteiger partial charge in [-0.05, 0) is 67.6 Å². The number of aryl methyl sites for hydroxylation is 2. The summed E-state index contributed by atoms with van der Waals surface area (Å²) >= 11 is 5.87. The second-order valence-corrected chi connectivity index (χ2v) is 6.36. The average molecular weight is 346 g/mol. The van der Waals surface area contributed by atoms with E-state index in [1.165, 1.54) is 5.56 Å². The van der Waals surface area contributed by atoms with Crippen LogP contribution in [-0.2, 0) is 11.2 Å². The lowest BCUT2D eigenvalue weighted by atomic mass is 10.1. The normalized spacial score (nSPS) is 11.8. The van der Waals surface area contributed by atoms with Crippen LogP contribution < -0.4 is 10.1 Å². The number of halogens is 1. The zero-order chi connectivity index (χ0) is 17.5. The summed E-state index contributed by atoms with van der Waals surface area (Å²) in [6, 6.07) is 13.5. The molecule has 0 bridgehead atoms. The van der Waals surface area contributed by atoms with Crippen LogP contribution in [0.15, 0.2) is 42.5 Å². The molecule has 4 heteroatoms. The zero-order valence-electron chi connectivity index (χ0n) is 14.4. The molecule has 1 amide bonds. The fraction of sp³-hybridized carbons (Fsp3) is 0.350. The van der Waals surface area contributed by atoms with Crippen molar-refractivity contribution in [1.29, 1.82) is 0 Å². The molecule has 0 aliphatic heterocycles. The molecule has 0 fully saturated rings. The van der Waals surface area contributed by atoms with Gasteiger partial charge in [-0.2, -0.15) is 0 Å². The van der Waals surface area contributed by atoms with Gasteiger partial charge in [-0.25, -0.2) is 0 Å². The van der Waals surface area contributed by atoms with Crippen LogP contribution in [0, 0.1) is 13.8 Å². The highest BCUT2D eigenvalue weighted by molar-refractivity contribution is 6.30. The molecule has 2 rings (SSSR count). The fourth-order valence-electron chi connectivity index (χ4n) is 2.37. The molecular formula is C20H24ClNO2. The minimum Gasteiger partial charge on any atom is -0.481 e. The van der Waals surface area contributed by atoms with Gasteiger partial charge in [-0.1, -0.05) is 36.7 Å². The molecule has 24 heavy (non-hydrogen) atoms. The van der Waals surface area contributed by atoms with E-state index in [0.717, 1.165) is 28.3 Å². The molecule has 1 atom stereocenters. The number of carbonyl (C=O) groups is 1. The SMILES string of the molecule is CC[C@@H](Oc1ccc(C)c(C)c1)C(=O)NCCc1ccc(Cl)cc1. The van der Waals surface area contributed by atoms with Crippen molar-refractivity contribution in [3.05, 3.63) is 64.2 Å². The molecule has 2 aromatic rings. The highest BCUT2D eigenvalue weighted by Gasteiger charge is 2.18. The van der Waals surface area contributed by atoms with Crippen LogP contribution in [0.2, 0.25) is 5.02 Å². The maximum absolute atomic E-state index is 12.3. The molecule has 0 radical (unpaired) electrons. The number of hydrogen-bond donors (Lipinski definition) is 1. The van der Waals surface area contributed by atoms with Crippen molar-refractivity contribution in [2.45, 2.75) is 39.7 Å². The Labute approximate surface area is 149 Å². The molecule has 0 saturated carbocycles. The van der Waals surface area contributed by atoms with Crippen LogP contribution in [0.5, 0.6) is 5.75 Å². The highest BCUT2D eigenvalue weighted by Crippen LogP contribution is 2.18. The van der Waals surface area contributed by atoms with Gasteiger partial charge in [0, 0.05) is 11.6 Å². The number of rotatable bonds is 7. The number of hydrogen-bond acceptors (Lipinski definition) is 2. The third-order valence-electron chi connectivity index (χ3n) is 4.05. The van der Waals surface area contributed by atoms with Gasteiger partial charge in [0.1, 0.15) is 5.75 Å². The molecule has 0 aliphatic carbocycles. The van der Waals surface area contributed by atoms with Crippen molar-refractivity contribution >= 4 is 17.5 Å². The van der Waals surface area contributed by atoms with Gasteiger partial charge in [-0.15, -0.1) is 0 Å². The molecule has 2 aromatic carbocycles. The number of ether oxygens (including phenoxy) is 1. The molecule has 0 heterocycles. The van der Waals surface area contributed by atoms with E-state index < -0.39 is 6.10 Å². The second kappa shape index (κ2) is 8.74. The highest BCUT2D eigenvalue weighted by atomic mass is 35.5. The molecular weight excluding hydrogens is 322 g/mol. The molecule has 128 valence electrons. The van der Waals surface area contributed by atoms with Crippen LogP contribution in [-0.4, -0.2) is 18.6 Å². The fourth-order valence-corrected chi connectivity index (χ4v) is 2.49. The smallest absolute Gasteiger partial charge is 0.261 e. The van der Waals surface area contributed by atoms with Crippen molar-refractivity contribution in [1.82, 2.24) is 5.32 Å². The first-order valence-electron chi connectivity index (χ1n) is 8.25. The maximum Gasteiger partial charge on any atom is 0.261 e. The molecule has 3 nitrogen and oxygen atoms in total. The van der Waals surface area contributed by atoms with E-state index >= 15 is 0 Å². The van der Waals surface area contributed by atoms with Gasteiger partial charge >= 0.3 is 0 Å². The van der Waals surface area contributed by atoms with Gasteiger partial charge in [0.15, 0.2) is 6.10 Å². The molecule has 0 saturated heterocycles. The first kappa shape index (κ1) is 18.3. The van der Waals surface area contributed by atoms with Crippen molar-refractivity contribution in [3.8, 4) is 5.75 Å². The van der Waals surface area contributed by atoms with Crippen LogP contribution in [0.4, 0.5) is 0 Å². The van der Waals surface area contributed by atoms with Crippen LogP contribution in [0.3, 0.4) is 0 Å². The Balaban J connectivity index is 1.86. The number of nitrogens with one attached hydrogen (secondary N) is 1. The van der Waals surface area contributed by atoms with E-state index in [0.29, 0.717) is 13.0 Å². The lowest BCUT2D eigenvalue weighted by Gasteiger charge is -2.18. The Hall–Kier alpha value is -2.00. The number of amides is 1. The molecule has 0 aromatic heterocycles. The Morgan fingerprint density at radius 2 is 1.83 bits per heavy atom. The van der Waals surface area contributed by atoms with Crippen LogP contribution in [0.25, 0.3) is 0 Å². The van der Waals surface area contributed by atoms with Gasteiger partial charge in [0.25, 0.3) is 5.91 Å². The summed E-state index contributed by atoms with van der Waals surface area (Å²) in [4.78, 5) is 12.3. The third kappa shape index (κ3) is 5.27. The van der Waals surface area contributed by atoms with Crippen molar-refractivity contribution in [3.63, 3.8) is 0 Å². The van der Waals surface area contributed by atoms with Crippen molar-refractivity contribution < 1.29 is 9.53 Å². The summed E-state index contributed by atoms with van der Waals surface area (Å²) in [5.41, 5.74) is 3.51. The summed E-state index contributed by atoms with van der Waals surface area (Å²) < 4.78 is 5.85. The van der Waals surface area contributed by atoms with Crippen LogP contribution in [0.1, 0.15) is 30.0 Å². The van der Waals surface area contributed by atoms with E-state index in [1.807, 2.05) is 56.3 Å². The summed E-state index contributed by atoms with van der Waals surface area (Å²) in [7, 11) is 0. The number of carbonyl (C=O) groups excluding carboxylic acids is 1. The van der Waals surface area contributed by atoms with E-state index in [1.54, 1.807) is 0 Å². The molecule has 0 spiro atoms. The summed E-state index contributed by atoms with van der Waals surface area (Å²) in [6.07, 6.45) is 0.917. The maximum atomic E-state index is 12.3. The number of benzene rings is 2. The lowest BCUT2D eigenvalue weighted by molar-refractivity contribution is -0.128. The predicted molar refractivity (Wildman–Crippen MR) is 98.8 cm³/mol. The first-order valence-corrected chi connectivity index (χ1v) is 8.63. The summed E-state index contributed by atoms with van der Waals surface area (Å²) in [5.74, 6) is 0.655. The monoisotopic (exact) mass is 345 g/mol. The molecule has 1 N–H and O–H groups in total. The van der Waals surface area contributed by atoms with E-state index in [-0.39, 0.29) is 5.91 Å². The Kier molecular flexibility index (Phi) is 6.68.